The molecular formula is C13H8ClF2N5. The first kappa shape index (κ1) is 13.4. The normalized spacial score (nSPS) is 10.8. The Hall–Kier alpha value is -2.54. The van der Waals surface area contributed by atoms with E-state index in [4.69, 9.17) is 17.3 Å². The summed E-state index contributed by atoms with van der Waals surface area (Å²) in [6, 6.07) is 7.99. The molecule has 3 rings (SSSR count). The Kier molecular flexibility index (Phi) is 3.26. The average molecular weight is 308 g/mol. The van der Waals surface area contributed by atoms with Gasteiger partial charge in [-0.15, -0.1) is 5.10 Å². The minimum absolute atomic E-state index is 0.00268. The van der Waals surface area contributed by atoms with Crippen molar-refractivity contribution in [2.45, 2.75) is 0 Å². The molecule has 0 unspecified atom stereocenters. The molecule has 106 valence electrons. The lowest BCUT2D eigenvalue weighted by Gasteiger charge is -2.09. The number of halogens is 3. The molecule has 2 aromatic carbocycles. The maximum atomic E-state index is 14.0. The van der Waals surface area contributed by atoms with Crippen LogP contribution in [0, 0.1) is 11.6 Å². The number of nitrogens with two attached hydrogens (primary N) is 1. The fourth-order valence-corrected chi connectivity index (χ4v) is 2.18. The molecule has 3 aromatic rings. The third kappa shape index (κ3) is 2.31. The quantitative estimate of drug-likeness (QED) is 0.739. The van der Waals surface area contributed by atoms with E-state index in [-0.39, 0.29) is 22.2 Å². The van der Waals surface area contributed by atoms with Crippen LogP contribution in [-0.2, 0) is 0 Å². The summed E-state index contributed by atoms with van der Waals surface area (Å²) in [4.78, 5) is 0. The molecule has 0 bridgehead atoms. The molecule has 21 heavy (non-hydrogen) atoms. The van der Waals surface area contributed by atoms with Crippen molar-refractivity contribution in [3.63, 3.8) is 0 Å². The van der Waals surface area contributed by atoms with Gasteiger partial charge in [-0.05, 0) is 40.8 Å². The number of aromatic nitrogens is 4. The maximum absolute atomic E-state index is 14.0. The molecule has 1 heterocycles. The van der Waals surface area contributed by atoms with Crippen molar-refractivity contribution in [1.29, 1.82) is 0 Å². The van der Waals surface area contributed by atoms with Crippen molar-refractivity contribution in [2.75, 3.05) is 5.73 Å². The Bertz CT molecular complexity index is 798. The SMILES string of the molecule is Nc1cc(F)ccc1-c1nnnn1-c1c(F)cccc1Cl. The van der Waals surface area contributed by atoms with Gasteiger partial charge in [0.1, 0.15) is 11.5 Å². The first-order chi connectivity index (χ1) is 10.1. The Morgan fingerprint density at radius 2 is 1.95 bits per heavy atom. The van der Waals surface area contributed by atoms with Crippen LogP contribution in [0.1, 0.15) is 0 Å². The summed E-state index contributed by atoms with van der Waals surface area (Å²) >= 11 is 6.00. The fraction of sp³-hybridized carbons (Fsp3) is 0. The highest BCUT2D eigenvalue weighted by Gasteiger charge is 2.18. The molecule has 0 aliphatic rings. The van der Waals surface area contributed by atoms with Crippen molar-refractivity contribution in [2.24, 2.45) is 0 Å². The molecule has 2 N–H and O–H groups in total. The van der Waals surface area contributed by atoms with Gasteiger partial charge in [-0.3, -0.25) is 0 Å². The highest BCUT2D eigenvalue weighted by atomic mass is 35.5. The molecule has 8 heteroatoms. The van der Waals surface area contributed by atoms with Crippen molar-refractivity contribution < 1.29 is 8.78 Å². The van der Waals surface area contributed by atoms with Gasteiger partial charge in [0, 0.05) is 11.3 Å². The summed E-state index contributed by atoms with van der Waals surface area (Å²) in [5, 5.41) is 11.2. The van der Waals surface area contributed by atoms with Gasteiger partial charge < -0.3 is 5.73 Å². The summed E-state index contributed by atoms with van der Waals surface area (Å²) in [5.74, 6) is -0.907. The molecule has 1 aromatic heterocycles. The van der Waals surface area contributed by atoms with Gasteiger partial charge in [0.25, 0.3) is 0 Å². The zero-order valence-electron chi connectivity index (χ0n) is 10.5. The lowest BCUT2D eigenvalue weighted by atomic mass is 10.1. The van der Waals surface area contributed by atoms with Crippen molar-refractivity contribution in [3.8, 4) is 17.1 Å². The summed E-state index contributed by atoms with van der Waals surface area (Å²) in [5.41, 5.74) is 6.28. The maximum Gasteiger partial charge on any atom is 0.189 e. The summed E-state index contributed by atoms with van der Waals surface area (Å²) in [6.45, 7) is 0. The number of hydrogen-bond donors (Lipinski definition) is 1. The van der Waals surface area contributed by atoms with E-state index < -0.39 is 11.6 Å². The van der Waals surface area contributed by atoms with Gasteiger partial charge in [-0.1, -0.05) is 17.7 Å². The van der Waals surface area contributed by atoms with E-state index in [1.165, 1.54) is 30.3 Å². The van der Waals surface area contributed by atoms with Gasteiger partial charge >= 0.3 is 0 Å². The first-order valence-corrected chi connectivity index (χ1v) is 6.24. The van der Waals surface area contributed by atoms with Crippen molar-refractivity contribution >= 4 is 17.3 Å². The minimum Gasteiger partial charge on any atom is -0.398 e. The lowest BCUT2D eigenvalue weighted by molar-refractivity contribution is 0.608. The van der Waals surface area contributed by atoms with E-state index in [9.17, 15) is 8.78 Å². The first-order valence-electron chi connectivity index (χ1n) is 5.86. The van der Waals surface area contributed by atoms with Crippen LogP contribution in [0.15, 0.2) is 36.4 Å². The number of anilines is 1. The lowest BCUT2D eigenvalue weighted by Crippen LogP contribution is -2.05. The van der Waals surface area contributed by atoms with Crippen LogP contribution in [-0.4, -0.2) is 20.2 Å². The monoisotopic (exact) mass is 307 g/mol. The molecule has 0 spiro atoms. The van der Waals surface area contributed by atoms with Crippen LogP contribution < -0.4 is 5.73 Å². The van der Waals surface area contributed by atoms with E-state index >= 15 is 0 Å². The van der Waals surface area contributed by atoms with Crippen LogP contribution in [0.2, 0.25) is 5.02 Å². The van der Waals surface area contributed by atoms with E-state index in [0.717, 1.165) is 10.7 Å². The third-order valence-corrected chi connectivity index (χ3v) is 3.18. The Labute approximate surface area is 123 Å². The number of hydrogen-bond acceptors (Lipinski definition) is 4. The predicted octanol–water partition coefficient (Wildman–Crippen LogP) is 2.84. The molecule has 0 aliphatic carbocycles. The molecular weight excluding hydrogens is 300 g/mol. The van der Waals surface area contributed by atoms with Crippen molar-refractivity contribution in [1.82, 2.24) is 20.2 Å². The highest BCUT2D eigenvalue weighted by molar-refractivity contribution is 6.32. The molecule has 0 amide bonds. The number of tetrazole rings is 1. The fourth-order valence-electron chi connectivity index (χ4n) is 1.93. The Morgan fingerprint density at radius 1 is 1.14 bits per heavy atom. The standard InChI is InChI=1S/C13H8ClF2N5/c14-9-2-1-3-10(16)12(9)21-13(18-19-20-21)8-5-4-7(15)6-11(8)17/h1-6H,17H2. The van der Waals surface area contributed by atoms with Gasteiger partial charge in [-0.2, -0.15) is 4.68 Å². The van der Waals surface area contributed by atoms with Crippen molar-refractivity contribution in [3.05, 3.63) is 53.1 Å². The van der Waals surface area contributed by atoms with E-state index in [1.54, 1.807) is 0 Å². The van der Waals surface area contributed by atoms with E-state index in [0.29, 0.717) is 5.56 Å². The number of benzene rings is 2. The zero-order valence-corrected chi connectivity index (χ0v) is 11.2. The van der Waals surface area contributed by atoms with Gasteiger partial charge in [-0.25, -0.2) is 8.78 Å². The Morgan fingerprint density at radius 3 is 2.67 bits per heavy atom. The summed E-state index contributed by atoms with van der Waals surface area (Å²) < 4.78 is 28.2. The van der Waals surface area contributed by atoms with E-state index in [1.807, 2.05) is 0 Å². The molecule has 0 atom stereocenters. The van der Waals surface area contributed by atoms with Crippen LogP contribution in [0.4, 0.5) is 14.5 Å². The minimum atomic E-state index is -0.586. The van der Waals surface area contributed by atoms with Gasteiger partial charge in [0.2, 0.25) is 0 Å². The van der Waals surface area contributed by atoms with Crippen LogP contribution >= 0.6 is 11.6 Å². The van der Waals surface area contributed by atoms with Crippen LogP contribution in [0.25, 0.3) is 17.1 Å². The van der Waals surface area contributed by atoms with Crippen LogP contribution in [0.5, 0.6) is 0 Å². The second-order valence-corrected chi connectivity index (χ2v) is 4.62. The smallest absolute Gasteiger partial charge is 0.189 e. The number of para-hydroxylation sites is 1. The Balaban J connectivity index is 2.22. The average Bonchev–Trinajstić information content (AvgIpc) is 2.87. The van der Waals surface area contributed by atoms with Gasteiger partial charge in [0.15, 0.2) is 11.6 Å². The second-order valence-electron chi connectivity index (χ2n) is 4.22. The zero-order chi connectivity index (χ0) is 15.0. The summed E-state index contributed by atoms with van der Waals surface area (Å²) in [6.07, 6.45) is 0. The highest BCUT2D eigenvalue weighted by Crippen LogP contribution is 2.29. The molecule has 0 aliphatic heterocycles. The van der Waals surface area contributed by atoms with Gasteiger partial charge in [0.05, 0.1) is 5.02 Å². The molecule has 0 saturated carbocycles. The predicted molar refractivity (Wildman–Crippen MR) is 73.9 cm³/mol. The molecule has 5 nitrogen and oxygen atoms in total. The number of rotatable bonds is 2. The topological polar surface area (TPSA) is 69.6 Å². The molecule has 0 fully saturated rings. The largest absolute Gasteiger partial charge is 0.398 e. The number of nitrogens with zero attached hydrogens (tertiary/aromatic N) is 4. The van der Waals surface area contributed by atoms with E-state index in [2.05, 4.69) is 15.5 Å². The van der Waals surface area contributed by atoms with Crippen LogP contribution in [0.3, 0.4) is 0 Å². The molecule has 0 radical (unpaired) electrons. The molecule has 0 saturated heterocycles. The second kappa shape index (κ2) is 5.10. The summed E-state index contributed by atoms with van der Waals surface area (Å²) in [7, 11) is 0. The number of nitrogen functional groups attached to an aromatic ring is 1. The third-order valence-electron chi connectivity index (χ3n) is 2.87.